The number of piperidine rings is 1. The van der Waals surface area contributed by atoms with Crippen LogP contribution in [0.1, 0.15) is 24.4 Å². The first-order valence-electron chi connectivity index (χ1n) is 8.69. The number of carbonyl (C=O) groups is 1. The number of hydrogen-bond donors (Lipinski definition) is 0. The molecule has 1 saturated heterocycles. The number of nitrogens with zero attached hydrogens (tertiary/aromatic N) is 6. The molecule has 26 heavy (non-hydrogen) atoms. The van der Waals surface area contributed by atoms with Crippen molar-refractivity contribution in [2.75, 3.05) is 13.1 Å². The predicted octanol–water partition coefficient (Wildman–Crippen LogP) is 0.931. The molecule has 1 aliphatic rings. The number of carbonyl (C=O) groups excluding carboxylic acids is 1. The SMILES string of the molecule is Cn1c(=O)n(C2CCN(C(=O)Cc3cccnc3)CC2)c2ncncc21. The fourth-order valence-corrected chi connectivity index (χ4v) is 3.58. The zero-order valence-corrected chi connectivity index (χ0v) is 14.6. The Bertz CT molecular complexity index is 986. The Morgan fingerprint density at radius 1 is 1.23 bits per heavy atom. The van der Waals surface area contributed by atoms with E-state index in [2.05, 4.69) is 15.0 Å². The molecule has 3 aromatic heterocycles. The van der Waals surface area contributed by atoms with E-state index in [0.29, 0.717) is 25.2 Å². The molecule has 0 spiro atoms. The molecule has 0 saturated carbocycles. The van der Waals surface area contributed by atoms with Gasteiger partial charge in [0, 0.05) is 38.6 Å². The standard InChI is InChI=1S/C18H20N6O2/c1-22-15-11-20-12-21-17(15)24(18(22)26)14-4-7-23(8-5-14)16(25)9-13-3-2-6-19-10-13/h2-3,6,10-12,14H,4-5,7-9H2,1H3. The van der Waals surface area contributed by atoms with E-state index >= 15 is 0 Å². The van der Waals surface area contributed by atoms with Gasteiger partial charge in [-0.3, -0.25) is 18.9 Å². The monoisotopic (exact) mass is 352 g/mol. The van der Waals surface area contributed by atoms with Crippen LogP contribution in [0, 0.1) is 0 Å². The minimum absolute atomic E-state index is 0.0449. The highest BCUT2D eigenvalue weighted by Crippen LogP contribution is 2.24. The molecule has 0 atom stereocenters. The second-order valence-electron chi connectivity index (χ2n) is 6.59. The highest BCUT2D eigenvalue weighted by molar-refractivity contribution is 5.78. The van der Waals surface area contributed by atoms with Crippen molar-refractivity contribution >= 4 is 17.1 Å². The molecule has 0 bridgehead atoms. The first-order chi connectivity index (χ1) is 12.6. The van der Waals surface area contributed by atoms with Crippen molar-refractivity contribution in [2.45, 2.75) is 25.3 Å². The summed E-state index contributed by atoms with van der Waals surface area (Å²) in [6.07, 6.45) is 8.38. The molecule has 4 heterocycles. The molecule has 0 unspecified atom stereocenters. The number of imidazole rings is 1. The van der Waals surface area contributed by atoms with Gasteiger partial charge in [-0.15, -0.1) is 0 Å². The highest BCUT2D eigenvalue weighted by Gasteiger charge is 2.27. The summed E-state index contributed by atoms with van der Waals surface area (Å²) >= 11 is 0. The Labute approximate surface area is 150 Å². The maximum atomic E-state index is 12.6. The zero-order valence-electron chi connectivity index (χ0n) is 14.6. The van der Waals surface area contributed by atoms with Crippen molar-refractivity contribution in [1.29, 1.82) is 0 Å². The van der Waals surface area contributed by atoms with E-state index in [1.54, 1.807) is 34.8 Å². The summed E-state index contributed by atoms with van der Waals surface area (Å²) in [5.41, 5.74) is 2.22. The predicted molar refractivity (Wildman–Crippen MR) is 95.6 cm³/mol. The Morgan fingerprint density at radius 2 is 2.04 bits per heavy atom. The van der Waals surface area contributed by atoms with Gasteiger partial charge in [-0.25, -0.2) is 14.8 Å². The van der Waals surface area contributed by atoms with Crippen molar-refractivity contribution in [1.82, 2.24) is 29.0 Å². The molecule has 0 aliphatic carbocycles. The van der Waals surface area contributed by atoms with Crippen LogP contribution in [0.2, 0.25) is 0 Å². The first-order valence-corrected chi connectivity index (χ1v) is 8.69. The average Bonchev–Trinajstić information content (AvgIpc) is 2.94. The third-order valence-corrected chi connectivity index (χ3v) is 5.02. The lowest BCUT2D eigenvalue weighted by atomic mass is 10.0. The van der Waals surface area contributed by atoms with Crippen LogP contribution in [0.5, 0.6) is 0 Å². The first kappa shape index (κ1) is 16.4. The lowest BCUT2D eigenvalue weighted by Gasteiger charge is -2.32. The number of likely N-dealkylation sites (tertiary alicyclic amines) is 1. The van der Waals surface area contributed by atoms with Gasteiger partial charge in [0.15, 0.2) is 5.65 Å². The quantitative estimate of drug-likeness (QED) is 0.700. The van der Waals surface area contributed by atoms with Gasteiger partial charge < -0.3 is 4.90 Å². The number of pyridine rings is 1. The van der Waals surface area contributed by atoms with Gasteiger partial charge in [-0.1, -0.05) is 6.07 Å². The molecule has 1 aliphatic heterocycles. The van der Waals surface area contributed by atoms with E-state index in [0.717, 1.165) is 23.9 Å². The lowest BCUT2D eigenvalue weighted by molar-refractivity contribution is -0.131. The minimum atomic E-state index is -0.0827. The molecule has 4 rings (SSSR count). The normalized spacial score (nSPS) is 15.5. The molecule has 8 heteroatoms. The lowest BCUT2D eigenvalue weighted by Crippen LogP contribution is -2.41. The van der Waals surface area contributed by atoms with Crippen molar-refractivity contribution < 1.29 is 4.79 Å². The maximum Gasteiger partial charge on any atom is 0.330 e. The Balaban J connectivity index is 1.48. The summed E-state index contributed by atoms with van der Waals surface area (Å²) in [6.45, 7) is 1.27. The summed E-state index contributed by atoms with van der Waals surface area (Å²) in [6, 6.07) is 3.79. The number of amides is 1. The van der Waals surface area contributed by atoms with Crippen LogP contribution >= 0.6 is 0 Å². The zero-order chi connectivity index (χ0) is 18.1. The van der Waals surface area contributed by atoms with Crippen LogP contribution in [0.25, 0.3) is 11.2 Å². The number of rotatable bonds is 3. The number of hydrogen-bond acceptors (Lipinski definition) is 5. The molecule has 0 N–H and O–H groups in total. The largest absolute Gasteiger partial charge is 0.342 e. The molecule has 1 amide bonds. The van der Waals surface area contributed by atoms with Gasteiger partial charge in [-0.2, -0.15) is 0 Å². The number of aromatic nitrogens is 5. The maximum absolute atomic E-state index is 12.6. The second-order valence-corrected chi connectivity index (χ2v) is 6.59. The molecule has 3 aromatic rings. The van der Waals surface area contributed by atoms with Crippen LogP contribution in [0.3, 0.4) is 0 Å². The molecular weight excluding hydrogens is 332 g/mol. The van der Waals surface area contributed by atoms with Gasteiger partial charge in [0.2, 0.25) is 5.91 Å². The second kappa shape index (κ2) is 6.70. The summed E-state index contributed by atoms with van der Waals surface area (Å²) in [5, 5.41) is 0. The molecule has 8 nitrogen and oxygen atoms in total. The number of aryl methyl sites for hydroxylation is 1. The summed E-state index contributed by atoms with van der Waals surface area (Å²) in [7, 11) is 1.73. The van der Waals surface area contributed by atoms with Crippen molar-refractivity contribution in [3.63, 3.8) is 0 Å². The van der Waals surface area contributed by atoms with Gasteiger partial charge in [-0.05, 0) is 24.5 Å². The third kappa shape index (κ3) is 2.87. The van der Waals surface area contributed by atoms with Crippen molar-refractivity contribution in [3.05, 3.63) is 53.1 Å². The van der Waals surface area contributed by atoms with E-state index in [1.165, 1.54) is 6.33 Å². The van der Waals surface area contributed by atoms with Crippen LogP contribution in [-0.4, -0.2) is 48.0 Å². The fraction of sp³-hybridized carbons (Fsp3) is 0.389. The van der Waals surface area contributed by atoms with Crippen LogP contribution in [-0.2, 0) is 18.3 Å². The molecule has 0 aromatic carbocycles. The smallest absolute Gasteiger partial charge is 0.330 e. The summed E-state index contributed by atoms with van der Waals surface area (Å²) < 4.78 is 3.33. The average molecular weight is 352 g/mol. The Kier molecular flexibility index (Phi) is 4.24. The summed E-state index contributed by atoms with van der Waals surface area (Å²) in [4.78, 5) is 39.3. The molecule has 134 valence electrons. The Morgan fingerprint density at radius 3 is 2.77 bits per heavy atom. The van der Waals surface area contributed by atoms with Gasteiger partial charge in [0.25, 0.3) is 0 Å². The van der Waals surface area contributed by atoms with Crippen LogP contribution in [0.15, 0.2) is 41.8 Å². The van der Waals surface area contributed by atoms with Gasteiger partial charge in [0.05, 0.1) is 12.6 Å². The highest BCUT2D eigenvalue weighted by atomic mass is 16.2. The van der Waals surface area contributed by atoms with Crippen molar-refractivity contribution in [2.24, 2.45) is 7.05 Å². The van der Waals surface area contributed by atoms with E-state index < -0.39 is 0 Å². The molecule has 1 fully saturated rings. The van der Waals surface area contributed by atoms with E-state index in [4.69, 9.17) is 0 Å². The van der Waals surface area contributed by atoms with Gasteiger partial charge in [0.1, 0.15) is 11.8 Å². The van der Waals surface area contributed by atoms with Crippen molar-refractivity contribution in [3.8, 4) is 0 Å². The molecular formula is C18H20N6O2. The number of fused-ring (bicyclic) bond motifs is 1. The minimum Gasteiger partial charge on any atom is -0.342 e. The third-order valence-electron chi connectivity index (χ3n) is 5.02. The van der Waals surface area contributed by atoms with E-state index in [1.807, 2.05) is 17.0 Å². The fourth-order valence-electron chi connectivity index (χ4n) is 3.58. The summed E-state index contributed by atoms with van der Waals surface area (Å²) in [5.74, 6) is 0.101. The van der Waals surface area contributed by atoms with Crippen LogP contribution < -0.4 is 5.69 Å². The van der Waals surface area contributed by atoms with Crippen LogP contribution in [0.4, 0.5) is 0 Å². The van der Waals surface area contributed by atoms with Gasteiger partial charge >= 0.3 is 5.69 Å². The molecule has 0 radical (unpaired) electrons. The topological polar surface area (TPSA) is 85.9 Å². The van der Waals surface area contributed by atoms with E-state index in [-0.39, 0.29) is 17.6 Å². The Hall–Kier alpha value is -3.03. The van der Waals surface area contributed by atoms with E-state index in [9.17, 15) is 9.59 Å².